The second-order valence-electron chi connectivity index (χ2n) is 5.36. The van der Waals surface area contributed by atoms with Crippen molar-refractivity contribution in [2.45, 2.75) is 39.4 Å². The summed E-state index contributed by atoms with van der Waals surface area (Å²) in [4.78, 5) is 2.26. The lowest BCUT2D eigenvalue weighted by Gasteiger charge is -2.23. The van der Waals surface area contributed by atoms with Gasteiger partial charge in [-0.2, -0.15) is 0 Å². The molecule has 100 valence electrons. The molecule has 3 nitrogen and oxygen atoms in total. The number of fused-ring (bicyclic) bond motifs is 1. The average Bonchev–Trinajstić information content (AvgIpc) is 2.69. The minimum atomic E-state index is -0.418. The van der Waals surface area contributed by atoms with E-state index in [4.69, 9.17) is 4.74 Å². The summed E-state index contributed by atoms with van der Waals surface area (Å²) >= 11 is 0. The molecule has 0 radical (unpaired) electrons. The Morgan fingerprint density at radius 1 is 1.39 bits per heavy atom. The summed E-state index contributed by atoms with van der Waals surface area (Å²) in [5.74, 6) is 0. The van der Waals surface area contributed by atoms with Crippen LogP contribution in [0.2, 0.25) is 0 Å². The Kier molecular flexibility index (Phi) is 4.25. The fourth-order valence-corrected chi connectivity index (χ4v) is 2.36. The summed E-state index contributed by atoms with van der Waals surface area (Å²) in [6.07, 6.45) is 0.833. The molecule has 1 aromatic rings. The highest BCUT2D eigenvalue weighted by Gasteiger charge is 2.21. The first-order chi connectivity index (χ1) is 8.56. The Morgan fingerprint density at radius 2 is 2.17 bits per heavy atom. The molecule has 1 unspecified atom stereocenters. The van der Waals surface area contributed by atoms with E-state index in [0.717, 1.165) is 13.0 Å². The standard InChI is InChI=1S/C15H23NO2/c1-11(2)18-10-14(17)9-16-7-6-13-5-4-12(3)8-15(13)16/h4-5,8,11,14,17H,6-7,9-10H2,1-3H3. The quantitative estimate of drug-likeness (QED) is 0.868. The zero-order chi connectivity index (χ0) is 13.1. The molecule has 0 saturated heterocycles. The van der Waals surface area contributed by atoms with Gasteiger partial charge in [-0.1, -0.05) is 12.1 Å². The number of hydrogen-bond donors (Lipinski definition) is 1. The SMILES string of the molecule is Cc1ccc2c(c1)N(CC(O)COC(C)C)CC2. The molecule has 0 fully saturated rings. The van der Waals surface area contributed by atoms with E-state index in [-0.39, 0.29) is 6.10 Å². The van der Waals surface area contributed by atoms with E-state index >= 15 is 0 Å². The van der Waals surface area contributed by atoms with Crippen LogP contribution in [0.1, 0.15) is 25.0 Å². The maximum absolute atomic E-state index is 9.99. The Hall–Kier alpha value is -1.06. The summed E-state index contributed by atoms with van der Waals surface area (Å²) in [7, 11) is 0. The minimum Gasteiger partial charge on any atom is -0.389 e. The van der Waals surface area contributed by atoms with Gasteiger partial charge < -0.3 is 14.7 Å². The molecular weight excluding hydrogens is 226 g/mol. The van der Waals surface area contributed by atoms with Gasteiger partial charge in [0.05, 0.1) is 18.8 Å². The lowest BCUT2D eigenvalue weighted by atomic mass is 10.1. The number of aliphatic hydroxyl groups excluding tert-OH is 1. The number of anilines is 1. The molecule has 1 aliphatic rings. The van der Waals surface area contributed by atoms with Crippen molar-refractivity contribution < 1.29 is 9.84 Å². The van der Waals surface area contributed by atoms with Crippen molar-refractivity contribution in [3.05, 3.63) is 29.3 Å². The van der Waals surface area contributed by atoms with Gasteiger partial charge in [-0.25, -0.2) is 0 Å². The highest BCUT2D eigenvalue weighted by Crippen LogP contribution is 2.28. The van der Waals surface area contributed by atoms with Gasteiger partial charge in [0.15, 0.2) is 0 Å². The van der Waals surface area contributed by atoms with Gasteiger partial charge >= 0.3 is 0 Å². The molecule has 0 aliphatic carbocycles. The van der Waals surface area contributed by atoms with Gasteiger partial charge in [0, 0.05) is 18.8 Å². The number of aryl methyl sites for hydroxylation is 1. The third kappa shape index (κ3) is 3.24. The highest BCUT2D eigenvalue weighted by atomic mass is 16.5. The van der Waals surface area contributed by atoms with E-state index in [2.05, 4.69) is 30.0 Å². The van der Waals surface area contributed by atoms with Crippen LogP contribution < -0.4 is 4.90 Å². The second-order valence-corrected chi connectivity index (χ2v) is 5.36. The largest absolute Gasteiger partial charge is 0.389 e. The molecule has 1 N–H and O–H groups in total. The van der Waals surface area contributed by atoms with E-state index in [0.29, 0.717) is 13.2 Å². The van der Waals surface area contributed by atoms with Gasteiger partial charge in [0.1, 0.15) is 0 Å². The van der Waals surface area contributed by atoms with E-state index in [1.165, 1.54) is 16.8 Å². The van der Waals surface area contributed by atoms with Crippen molar-refractivity contribution in [1.82, 2.24) is 0 Å². The van der Waals surface area contributed by atoms with E-state index < -0.39 is 6.10 Å². The molecule has 0 spiro atoms. The zero-order valence-corrected chi connectivity index (χ0v) is 11.5. The molecule has 18 heavy (non-hydrogen) atoms. The summed E-state index contributed by atoms with van der Waals surface area (Å²) in [6, 6.07) is 6.56. The number of ether oxygens (including phenoxy) is 1. The molecule has 0 saturated carbocycles. The van der Waals surface area contributed by atoms with Crippen LogP contribution in [0.3, 0.4) is 0 Å². The third-order valence-electron chi connectivity index (χ3n) is 3.29. The van der Waals surface area contributed by atoms with Crippen LogP contribution in [-0.4, -0.2) is 37.0 Å². The van der Waals surface area contributed by atoms with Crippen LogP contribution in [-0.2, 0) is 11.2 Å². The van der Waals surface area contributed by atoms with E-state index in [9.17, 15) is 5.11 Å². The lowest BCUT2D eigenvalue weighted by molar-refractivity contribution is 0.00904. The number of β-amino-alcohol motifs (C(OH)–C–C–N with tert-alkyl or cyclic N) is 1. The van der Waals surface area contributed by atoms with Crippen LogP contribution in [0.25, 0.3) is 0 Å². The van der Waals surface area contributed by atoms with Crippen molar-refractivity contribution in [2.75, 3.05) is 24.6 Å². The number of nitrogens with zero attached hydrogens (tertiary/aromatic N) is 1. The summed E-state index contributed by atoms with van der Waals surface area (Å²) in [5, 5.41) is 9.99. The highest BCUT2D eigenvalue weighted by molar-refractivity contribution is 5.59. The molecule has 1 atom stereocenters. The minimum absolute atomic E-state index is 0.174. The topological polar surface area (TPSA) is 32.7 Å². The maximum atomic E-state index is 9.99. The molecule has 1 heterocycles. The molecule has 0 aromatic heterocycles. The number of aliphatic hydroxyl groups is 1. The van der Waals surface area contributed by atoms with E-state index in [1.807, 2.05) is 13.8 Å². The Bertz CT molecular complexity index is 403. The summed E-state index contributed by atoms with van der Waals surface area (Å²) < 4.78 is 5.45. The summed E-state index contributed by atoms with van der Waals surface area (Å²) in [6.45, 7) is 8.15. The third-order valence-corrected chi connectivity index (χ3v) is 3.29. The van der Waals surface area contributed by atoms with Gasteiger partial charge in [0.25, 0.3) is 0 Å². The van der Waals surface area contributed by atoms with Crippen LogP contribution in [0.15, 0.2) is 18.2 Å². The van der Waals surface area contributed by atoms with Crippen LogP contribution in [0.5, 0.6) is 0 Å². The van der Waals surface area contributed by atoms with E-state index in [1.54, 1.807) is 0 Å². The van der Waals surface area contributed by atoms with Crippen molar-refractivity contribution >= 4 is 5.69 Å². The lowest BCUT2D eigenvalue weighted by Crippen LogP contribution is -2.34. The van der Waals surface area contributed by atoms with Crippen molar-refractivity contribution in [2.24, 2.45) is 0 Å². The maximum Gasteiger partial charge on any atom is 0.0948 e. The number of rotatable bonds is 5. The number of benzene rings is 1. The molecule has 0 bridgehead atoms. The molecular formula is C15H23NO2. The molecule has 1 aliphatic heterocycles. The first-order valence-electron chi connectivity index (χ1n) is 6.70. The number of hydrogen-bond acceptors (Lipinski definition) is 3. The molecule has 1 aromatic carbocycles. The van der Waals surface area contributed by atoms with Gasteiger partial charge in [-0.15, -0.1) is 0 Å². The van der Waals surface area contributed by atoms with Crippen LogP contribution in [0, 0.1) is 6.92 Å². The van der Waals surface area contributed by atoms with Crippen molar-refractivity contribution in [1.29, 1.82) is 0 Å². The molecule has 2 rings (SSSR count). The predicted molar refractivity (Wildman–Crippen MR) is 74.2 cm³/mol. The second kappa shape index (κ2) is 5.72. The van der Waals surface area contributed by atoms with Gasteiger partial charge in [-0.05, 0) is 44.4 Å². The Morgan fingerprint density at radius 3 is 2.89 bits per heavy atom. The fraction of sp³-hybridized carbons (Fsp3) is 0.600. The Labute approximate surface area is 109 Å². The van der Waals surface area contributed by atoms with Gasteiger partial charge in [0.2, 0.25) is 0 Å². The van der Waals surface area contributed by atoms with Crippen LogP contribution >= 0.6 is 0 Å². The zero-order valence-electron chi connectivity index (χ0n) is 11.5. The molecule has 0 amide bonds. The average molecular weight is 249 g/mol. The van der Waals surface area contributed by atoms with Crippen molar-refractivity contribution in [3.63, 3.8) is 0 Å². The predicted octanol–water partition coefficient (Wildman–Crippen LogP) is 2.14. The van der Waals surface area contributed by atoms with Gasteiger partial charge in [-0.3, -0.25) is 0 Å². The van der Waals surface area contributed by atoms with Crippen LogP contribution in [0.4, 0.5) is 5.69 Å². The monoisotopic (exact) mass is 249 g/mol. The first-order valence-corrected chi connectivity index (χ1v) is 6.70. The molecule has 3 heteroatoms. The fourth-order valence-electron chi connectivity index (χ4n) is 2.36. The Balaban J connectivity index is 1.94. The first kappa shape index (κ1) is 13.4. The summed E-state index contributed by atoms with van der Waals surface area (Å²) in [5.41, 5.74) is 3.93. The normalized spacial score (nSPS) is 16.2. The van der Waals surface area contributed by atoms with Crippen molar-refractivity contribution in [3.8, 4) is 0 Å². The smallest absolute Gasteiger partial charge is 0.0948 e.